The van der Waals surface area contributed by atoms with Crippen LogP contribution in [0.15, 0.2) is 35.6 Å². The highest BCUT2D eigenvalue weighted by Gasteiger charge is 2.10. The number of aryl methyl sites for hydroxylation is 1. The van der Waals surface area contributed by atoms with E-state index in [0.29, 0.717) is 6.54 Å². The second-order valence-corrected chi connectivity index (χ2v) is 4.67. The monoisotopic (exact) mass is 320 g/mol. The first-order chi connectivity index (χ1) is 11.0. The van der Waals surface area contributed by atoms with Crippen molar-refractivity contribution in [3.63, 3.8) is 0 Å². The van der Waals surface area contributed by atoms with Gasteiger partial charge in [0.1, 0.15) is 5.69 Å². The molecule has 2 rings (SSSR count). The predicted octanol–water partition coefficient (Wildman–Crippen LogP) is 1.34. The van der Waals surface area contributed by atoms with Crippen molar-refractivity contribution in [2.75, 3.05) is 6.54 Å². The van der Waals surface area contributed by atoms with Crippen molar-refractivity contribution in [1.29, 1.82) is 0 Å². The van der Waals surface area contributed by atoms with Gasteiger partial charge in [0.25, 0.3) is 5.56 Å². The van der Waals surface area contributed by atoms with Crippen LogP contribution in [-0.4, -0.2) is 27.6 Å². The zero-order chi connectivity index (χ0) is 16.8. The van der Waals surface area contributed by atoms with Crippen molar-refractivity contribution in [3.8, 4) is 11.4 Å². The molecule has 0 fully saturated rings. The topological polar surface area (TPSA) is 87.7 Å². The van der Waals surface area contributed by atoms with E-state index in [0.717, 1.165) is 12.1 Å². The Morgan fingerprint density at radius 1 is 1.30 bits per heavy atom. The third-order valence-corrected chi connectivity index (χ3v) is 2.99. The van der Waals surface area contributed by atoms with Crippen molar-refractivity contribution >= 4 is 5.91 Å². The molecular formula is C15H14F2N4O2. The molecule has 6 nitrogen and oxygen atoms in total. The van der Waals surface area contributed by atoms with Crippen LogP contribution in [-0.2, 0) is 11.2 Å². The van der Waals surface area contributed by atoms with Crippen LogP contribution < -0.4 is 10.9 Å². The molecule has 0 aliphatic rings. The summed E-state index contributed by atoms with van der Waals surface area (Å²) in [6.45, 7) is 3.82. The molecule has 1 amide bonds. The lowest BCUT2D eigenvalue weighted by Crippen LogP contribution is -2.25. The van der Waals surface area contributed by atoms with Gasteiger partial charge in [0, 0.05) is 24.9 Å². The molecule has 0 saturated carbocycles. The molecule has 23 heavy (non-hydrogen) atoms. The molecular weight excluding hydrogens is 306 g/mol. The Morgan fingerprint density at radius 3 is 2.74 bits per heavy atom. The van der Waals surface area contributed by atoms with E-state index in [1.54, 1.807) is 6.08 Å². The number of nitrogens with zero attached hydrogens (tertiary/aromatic N) is 2. The van der Waals surface area contributed by atoms with Crippen LogP contribution in [0.5, 0.6) is 0 Å². The Hall–Kier alpha value is -2.90. The minimum atomic E-state index is -1.05. The highest BCUT2D eigenvalue weighted by molar-refractivity contribution is 5.76. The van der Waals surface area contributed by atoms with Gasteiger partial charge < -0.3 is 10.3 Å². The molecule has 8 heteroatoms. The van der Waals surface area contributed by atoms with E-state index in [1.165, 1.54) is 6.07 Å². The quantitative estimate of drug-likeness (QED) is 0.786. The lowest BCUT2D eigenvalue weighted by atomic mass is 10.2. The largest absolute Gasteiger partial charge is 0.353 e. The molecule has 1 heterocycles. The first kappa shape index (κ1) is 16.5. The van der Waals surface area contributed by atoms with Crippen molar-refractivity contribution < 1.29 is 13.6 Å². The van der Waals surface area contributed by atoms with Gasteiger partial charge in [0.05, 0.1) is 0 Å². The summed E-state index contributed by atoms with van der Waals surface area (Å²) in [6.07, 6.45) is 1.74. The average molecular weight is 320 g/mol. The van der Waals surface area contributed by atoms with Crippen LogP contribution in [0.25, 0.3) is 11.4 Å². The molecule has 0 saturated heterocycles. The fourth-order valence-corrected chi connectivity index (χ4v) is 1.80. The number of carbonyl (C=O) groups excluding carboxylic acids is 1. The number of amides is 1. The smallest absolute Gasteiger partial charge is 0.273 e. The first-order valence-corrected chi connectivity index (χ1v) is 6.80. The van der Waals surface area contributed by atoms with Gasteiger partial charge in [-0.05, 0) is 18.2 Å². The molecule has 0 bridgehead atoms. The number of benzene rings is 1. The summed E-state index contributed by atoms with van der Waals surface area (Å²) in [5.41, 5.74) is -0.245. The number of nitrogens with one attached hydrogen (secondary N) is 2. The average Bonchev–Trinajstić information content (AvgIpc) is 2.54. The fraction of sp³-hybridized carbons (Fsp3) is 0.200. The first-order valence-electron chi connectivity index (χ1n) is 6.80. The second kappa shape index (κ2) is 7.39. The normalized spacial score (nSPS) is 10.3. The summed E-state index contributed by atoms with van der Waals surface area (Å²) < 4.78 is 26.1. The number of hydrogen-bond acceptors (Lipinski definition) is 4. The van der Waals surface area contributed by atoms with Gasteiger partial charge in [-0.2, -0.15) is 0 Å². The van der Waals surface area contributed by atoms with Crippen molar-refractivity contribution in [1.82, 2.24) is 20.5 Å². The molecule has 0 atom stereocenters. The summed E-state index contributed by atoms with van der Waals surface area (Å²) in [7, 11) is 0. The van der Waals surface area contributed by atoms with Crippen LogP contribution in [0.4, 0.5) is 8.78 Å². The van der Waals surface area contributed by atoms with E-state index in [9.17, 15) is 18.4 Å². The van der Waals surface area contributed by atoms with Gasteiger partial charge in [-0.25, -0.2) is 8.78 Å². The van der Waals surface area contributed by atoms with Gasteiger partial charge in [0.15, 0.2) is 17.5 Å². The summed E-state index contributed by atoms with van der Waals surface area (Å²) >= 11 is 0. The van der Waals surface area contributed by atoms with E-state index >= 15 is 0 Å². The predicted molar refractivity (Wildman–Crippen MR) is 79.5 cm³/mol. The summed E-state index contributed by atoms with van der Waals surface area (Å²) in [5, 5.41) is 10.1. The molecule has 0 aliphatic heterocycles. The maximum absolute atomic E-state index is 13.2. The van der Waals surface area contributed by atoms with Gasteiger partial charge in [-0.15, -0.1) is 16.8 Å². The van der Waals surface area contributed by atoms with Gasteiger partial charge in [-0.3, -0.25) is 9.59 Å². The van der Waals surface area contributed by atoms with Gasteiger partial charge >= 0.3 is 0 Å². The van der Waals surface area contributed by atoms with Crippen molar-refractivity contribution in [2.24, 2.45) is 0 Å². The van der Waals surface area contributed by atoms with Gasteiger partial charge in [-0.1, -0.05) is 6.08 Å². The van der Waals surface area contributed by atoms with Crippen molar-refractivity contribution in [3.05, 3.63) is 58.5 Å². The van der Waals surface area contributed by atoms with E-state index in [1.807, 2.05) is 0 Å². The Bertz CT molecular complexity index is 789. The number of hydrogen-bond donors (Lipinski definition) is 2. The van der Waals surface area contributed by atoms with E-state index in [-0.39, 0.29) is 35.8 Å². The third kappa shape index (κ3) is 4.29. The molecule has 1 aromatic carbocycles. The van der Waals surface area contributed by atoms with E-state index in [2.05, 4.69) is 27.1 Å². The molecule has 0 spiro atoms. The maximum Gasteiger partial charge on any atom is 0.273 e. The lowest BCUT2D eigenvalue weighted by molar-refractivity contribution is -0.120. The number of H-pyrrole nitrogens is 1. The Labute approximate surface area is 130 Å². The molecule has 0 unspecified atom stereocenters. The fourth-order valence-electron chi connectivity index (χ4n) is 1.80. The summed E-state index contributed by atoms with van der Waals surface area (Å²) in [6, 6.07) is 3.13. The Morgan fingerprint density at radius 2 is 2.09 bits per heavy atom. The van der Waals surface area contributed by atoms with Crippen LogP contribution >= 0.6 is 0 Å². The molecule has 1 aromatic heterocycles. The third-order valence-electron chi connectivity index (χ3n) is 2.99. The van der Waals surface area contributed by atoms with Gasteiger partial charge in [0.2, 0.25) is 5.91 Å². The lowest BCUT2D eigenvalue weighted by Gasteiger charge is -2.03. The maximum atomic E-state index is 13.2. The summed E-state index contributed by atoms with van der Waals surface area (Å²) in [4.78, 5) is 25.8. The van der Waals surface area contributed by atoms with Crippen LogP contribution in [0.1, 0.15) is 12.1 Å². The summed E-state index contributed by atoms with van der Waals surface area (Å²) in [5.74, 6) is -2.26. The number of aromatic amines is 1. The Balaban J connectivity index is 2.11. The van der Waals surface area contributed by atoms with E-state index in [4.69, 9.17) is 0 Å². The minimum Gasteiger partial charge on any atom is -0.353 e. The van der Waals surface area contributed by atoms with Crippen LogP contribution in [0, 0.1) is 11.6 Å². The number of halogens is 2. The Kier molecular flexibility index (Phi) is 5.29. The SMILES string of the molecule is C=CCNC(=O)CCc1nnc(-c2ccc(F)c(F)c2)[nH]c1=O. The van der Waals surface area contributed by atoms with Crippen LogP contribution in [0.3, 0.4) is 0 Å². The zero-order valence-corrected chi connectivity index (χ0v) is 12.1. The molecule has 2 N–H and O–H groups in total. The molecule has 0 radical (unpaired) electrons. The highest BCUT2D eigenvalue weighted by atomic mass is 19.2. The zero-order valence-electron chi connectivity index (χ0n) is 12.1. The number of aromatic nitrogens is 3. The molecule has 0 aliphatic carbocycles. The minimum absolute atomic E-state index is 0.0220. The number of rotatable bonds is 6. The second-order valence-electron chi connectivity index (χ2n) is 4.67. The number of carbonyl (C=O) groups is 1. The van der Waals surface area contributed by atoms with Crippen molar-refractivity contribution in [2.45, 2.75) is 12.8 Å². The molecule has 2 aromatic rings. The molecule has 120 valence electrons. The van der Waals surface area contributed by atoms with Crippen LogP contribution in [0.2, 0.25) is 0 Å². The highest BCUT2D eigenvalue weighted by Crippen LogP contribution is 2.16. The standard InChI is InChI=1S/C15H14F2N4O2/c1-2-7-18-13(22)6-5-12-15(23)19-14(21-20-12)9-3-4-10(16)11(17)8-9/h2-4,8H,1,5-7H2,(H,18,22)(H,19,21,23). The van der Waals surface area contributed by atoms with E-state index < -0.39 is 17.2 Å².